The number of nitro benzene ring substituents is 1. The summed E-state index contributed by atoms with van der Waals surface area (Å²) in [6, 6.07) is 18.8. The third kappa shape index (κ3) is 10.2. The number of hydrogen-bond acceptors (Lipinski definition) is 13. The van der Waals surface area contributed by atoms with E-state index in [1.54, 1.807) is 24.3 Å². The molecular weight excluding hydrogens is 775 g/mol. The van der Waals surface area contributed by atoms with Gasteiger partial charge in [0.1, 0.15) is 29.9 Å². The molecule has 0 aromatic heterocycles. The fourth-order valence-corrected chi connectivity index (χ4v) is 8.92. The Kier molecular flexibility index (Phi) is 15.7. The van der Waals surface area contributed by atoms with Crippen LogP contribution in [0.25, 0.3) is 0 Å². The van der Waals surface area contributed by atoms with Crippen molar-refractivity contribution in [2.45, 2.75) is 69.3 Å². The molecule has 3 aliphatic rings. The molecule has 3 aromatic rings. The lowest BCUT2D eigenvalue weighted by Gasteiger charge is -2.59. The number of hydrogen-bond donors (Lipinski definition) is 4. The summed E-state index contributed by atoms with van der Waals surface area (Å²) in [5.74, 6) is -2.08. The molecule has 2 aliphatic carbocycles. The number of oxime groups is 1. The lowest BCUT2D eigenvalue weighted by atomic mass is 9.55. The highest BCUT2D eigenvalue weighted by atomic mass is 16.7. The second-order valence-electron chi connectivity index (χ2n) is 15.2. The summed E-state index contributed by atoms with van der Waals surface area (Å²) in [6.45, 7) is 3.98. The molecule has 6 rings (SSSR count). The summed E-state index contributed by atoms with van der Waals surface area (Å²) in [5, 5.41) is 56.4. The van der Waals surface area contributed by atoms with Gasteiger partial charge < -0.3 is 44.2 Å². The first kappa shape index (κ1) is 44.2. The Morgan fingerprint density at radius 1 is 0.983 bits per heavy atom. The maximum atomic E-state index is 14.6. The minimum atomic E-state index is -1.61. The van der Waals surface area contributed by atoms with Crippen molar-refractivity contribution in [3.63, 3.8) is 0 Å². The molecule has 0 bridgehead atoms. The Morgan fingerprint density at radius 2 is 1.73 bits per heavy atom. The highest BCUT2D eigenvalue weighted by Gasteiger charge is 2.65. The van der Waals surface area contributed by atoms with Crippen LogP contribution in [-0.2, 0) is 20.9 Å². The second kappa shape index (κ2) is 21.3. The number of aliphatic hydroxyl groups is 3. The number of unbranched alkanes of at least 4 members (excludes halogenated alkanes) is 2. The number of non-ortho nitro benzene ring substituents is 1. The van der Waals surface area contributed by atoms with Crippen LogP contribution < -0.4 is 9.47 Å². The normalized spacial score (nSPS) is 23.4. The Hall–Kier alpha value is -5.32. The Balaban J connectivity index is 1.55. The van der Waals surface area contributed by atoms with Crippen LogP contribution in [0, 0.1) is 27.9 Å². The van der Waals surface area contributed by atoms with Crippen LogP contribution in [0.2, 0.25) is 0 Å². The van der Waals surface area contributed by atoms with Crippen molar-refractivity contribution in [2.75, 3.05) is 46.2 Å². The van der Waals surface area contributed by atoms with Gasteiger partial charge in [-0.15, -0.1) is 6.58 Å². The molecule has 6 unspecified atom stereocenters. The number of phenols is 1. The minimum absolute atomic E-state index is 0.00108. The number of carbonyl (C=O) groups is 1. The molecular formula is C45H55N3O12. The van der Waals surface area contributed by atoms with E-state index >= 15 is 0 Å². The maximum absolute atomic E-state index is 14.6. The Bertz CT molecular complexity index is 1960. The van der Waals surface area contributed by atoms with E-state index in [4.69, 9.17) is 28.9 Å². The van der Waals surface area contributed by atoms with Crippen LogP contribution in [0.3, 0.4) is 0 Å². The van der Waals surface area contributed by atoms with Crippen molar-refractivity contribution in [3.05, 3.63) is 118 Å². The van der Waals surface area contributed by atoms with Crippen molar-refractivity contribution in [2.24, 2.45) is 22.9 Å². The highest BCUT2D eigenvalue weighted by molar-refractivity contribution is 6.03. The largest absolute Gasteiger partial charge is 0.508 e. The monoisotopic (exact) mass is 829 g/mol. The van der Waals surface area contributed by atoms with Gasteiger partial charge in [0.15, 0.2) is 0 Å². The average molecular weight is 830 g/mol. The molecule has 1 saturated carbocycles. The van der Waals surface area contributed by atoms with Crippen molar-refractivity contribution < 1.29 is 53.9 Å². The van der Waals surface area contributed by atoms with Crippen LogP contribution in [0.1, 0.15) is 62.0 Å². The summed E-state index contributed by atoms with van der Waals surface area (Å²) < 4.78 is 25.7. The van der Waals surface area contributed by atoms with Gasteiger partial charge in [-0.2, -0.15) is 0 Å². The smallest absolute Gasteiger partial charge is 0.415 e. The standard InChI is InChI=1S/C45H55N3O12/c1-2-24-57-45-41(47(20-25-56-26-23-51)44(53)59-35-17-14-33(15-18-35)48(54)55)29-39(46-58-30-31-10-4-3-5-11-31)37-27-32(12-6-8-21-49)36(13-7-9-22-50)42(43(37)45)38-28-34(52)16-19-40(38)60-45/h2-5,10-11,14-19,27-28,32,36,41-43,49-52H,1,6-9,12-13,20-26,29-30H2. The van der Waals surface area contributed by atoms with Gasteiger partial charge in [0, 0.05) is 49.8 Å². The molecule has 4 N–H and O–H groups in total. The molecule has 60 heavy (non-hydrogen) atoms. The minimum Gasteiger partial charge on any atom is -0.508 e. The molecule has 0 radical (unpaired) electrons. The second-order valence-corrected chi connectivity index (χ2v) is 15.2. The number of nitrogens with zero attached hydrogens (tertiary/aromatic N) is 3. The number of nitro groups is 1. The predicted octanol–water partition coefficient (Wildman–Crippen LogP) is 6.64. The first-order valence-corrected chi connectivity index (χ1v) is 20.6. The summed E-state index contributed by atoms with van der Waals surface area (Å²) in [5.41, 5.74) is 2.87. The zero-order valence-electron chi connectivity index (χ0n) is 33.7. The lowest BCUT2D eigenvalue weighted by Crippen LogP contribution is -2.70. The lowest BCUT2D eigenvalue weighted by molar-refractivity contribution is -0.384. The van der Waals surface area contributed by atoms with Gasteiger partial charge in [-0.25, -0.2) is 4.79 Å². The van der Waals surface area contributed by atoms with E-state index in [0.29, 0.717) is 30.7 Å². The maximum Gasteiger partial charge on any atom is 0.415 e. The molecule has 3 aromatic carbocycles. The molecule has 6 atom stereocenters. The molecule has 1 heterocycles. The molecule has 1 fully saturated rings. The van der Waals surface area contributed by atoms with E-state index in [2.05, 4.69) is 12.7 Å². The number of allylic oxidation sites excluding steroid dienone is 1. The highest BCUT2D eigenvalue weighted by Crippen LogP contribution is 2.62. The molecule has 0 spiro atoms. The van der Waals surface area contributed by atoms with Gasteiger partial charge in [0.05, 0.1) is 43.0 Å². The van der Waals surface area contributed by atoms with Gasteiger partial charge in [0.25, 0.3) is 5.69 Å². The number of aliphatic hydroxyl groups excluding tert-OH is 3. The molecule has 1 amide bonds. The van der Waals surface area contributed by atoms with E-state index in [1.807, 2.05) is 30.3 Å². The van der Waals surface area contributed by atoms with E-state index in [9.17, 15) is 35.3 Å². The van der Waals surface area contributed by atoms with Crippen molar-refractivity contribution in [3.8, 4) is 17.2 Å². The topological polar surface area (TPSA) is 203 Å². The Morgan fingerprint density at radius 3 is 2.43 bits per heavy atom. The summed E-state index contributed by atoms with van der Waals surface area (Å²) in [7, 11) is 0. The third-order valence-corrected chi connectivity index (χ3v) is 11.5. The van der Waals surface area contributed by atoms with E-state index in [1.165, 1.54) is 29.2 Å². The van der Waals surface area contributed by atoms with Crippen molar-refractivity contribution in [1.29, 1.82) is 0 Å². The summed E-state index contributed by atoms with van der Waals surface area (Å²) in [4.78, 5) is 33.1. The van der Waals surface area contributed by atoms with E-state index in [-0.39, 0.29) is 94.2 Å². The zero-order chi connectivity index (χ0) is 42.5. The van der Waals surface area contributed by atoms with Gasteiger partial charge in [-0.1, -0.05) is 60.5 Å². The zero-order valence-corrected chi connectivity index (χ0v) is 33.7. The van der Waals surface area contributed by atoms with Gasteiger partial charge in [-0.05, 0) is 79.0 Å². The fraction of sp³-hybridized carbons (Fsp3) is 0.467. The van der Waals surface area contributed by atoms with E-state index < -0.39 is 28.8 Å². The first-order chi connectivity index (χ1) is 29.2. The van der Waals surface area contributed by atoms with Gasteiger partial charge in [0.2, 0.25) is 5.79 Å². The van der Waals surface area contributed by atoms with Crippen LogP contribution in [0.4, 0.5) is 10.5 Å². The van der Waals surface area contributed by atoms with Crippen molar-refractivity contribution >= 4 is 17.5 Å². The third-order valence-electron chi connectivity index (χ3n) is 11.5. The molecule has 322 valence electrons. The quantitative estimate of drug-likeness (QED) is 0.0364. The molecule has 15 heteroatoms. The number of carbonyl (C=O) groups excluding carboxylic acids is 1. The molecule has 0 saturated heterocycles. The van der Waals surface area contributed by atoms with Crippen LogP contribution >= 0.6 is 0 Å². The van der Waals surface area contributed by atoms with Crippen LogP contribution in [-0.4, -0.2) is 100 Å². The van der Waals surface area contributed by atoms with Crippen LogP contribution in [0.15, 0.2) is 102 Å². The van der Waals surface area contributed by atoms with Crippen LogP contribution in [0.5, 0.6) is 17.2 Å². The predicted molar refractivity (Wildman–Crippen MR) is 222 cm³/mol. The SMILES string of the molecule is C=CCOC12Oc3ccc(O)cc3C3C(CCCCO)C(CCCCO)C=C(C(=NOCc4ccccc4)CC1N(CCOCCO)C(=O)Oc1ccc([N+](=O)[O-])cc1)C32. The fourth-order valence-electron chi connectivity index (χ4n) is 8.92. The average Bonchev–Trinajstić information content (AvgIpc) is 3.25. The number of fused-ring (bicyclic) bond motifs is 2. The van der Waals surface area contributed by atoms with Gasteiger partial charge >= 0.3 is 6.09 Å². The Labute approximate surface area is 349 Å². The summed E-state index contributed by atoms with van der Waals surface area (Å²) in [6.07, 6.45) is 7.25. The van der Waals surface area contributed by atoms with Gasteiger partial charge in [-0.3, -0.25) is 15.0 Å². The number of amides is 1. The number of benzene rings is 3. The first-order valence-electron chi connectivity index (χ1n) is 20.6. The molecule has 15 nitrogen and oxygen atoms in total. The number of phenolic OH excluding ortho intramolecular Hbond substituents is 1. The number of rotatable bonds is 22. The van der Waals surface area contributed by atoms with Crippen molar-refractivity contribution in [1.82, 2.24) is 4.90 Å². The number of aromatic hydroxyl groups is 1. The summed E-state index contributed by atoms with van der Waals surface area (Å²) >= 11 is 0. The van der Waals surface area contributed by atoms with E-state index in [0.717, 1.165) is 36.0 Å². The molecule has 1 aliphatic heterocycles. The number of ether oxygens (including phenoxy) is 4.